The zero-order valence-corrected chi connectivity index (χ0v) is 22.4. The molecule has 196 valence electrons. The van der Waals surface area contributed by atoms with Crippen LogP contribution in [0.5, 0.6) is 0 Å². The number of carbonyl (C=O) groups is 2. The van der Waals surface area contributed by atoms with Crippen molar-refractivity contribution in [3.63, 3.8) is 0 Å². The lowest BCUT2D eigenvalue weighted by Gasteiger charge is -2.12. The highest BCUT2D eigenvalue weighted by Gasteiger charge is 2.34. The largest absolute Gasteiger partial charge is 0.308 e. The van der Waals surface area contributed by atoms with E-state index in [2.05, 4.69) is 11.9 Å². The molecule has 0 unspecified atom stereocenters. The molecule has 8 nitrogen and oxygen atoms in total. The maximum absolute atomic E-state index is 13.3. The quantitative estimate of drug-likeness (QED) is 0.292. The predicted octanol–water partition coefficient (Wildman–Crippen LogP) is 4.61. The summed E-state index contributed by atoms with van der Waals surface area (Å²) in [4.78, 5) is 43.4. The van der Waals surface area contributed by atoms with Crippen molar-refractivity contribution in [1.29, 1.82) is 0 Å². The second-order valence-electron chi connectivity index (χ2n) is 10.1. The first-order chi connectivity index (χ1) is 18.1. The molecule has 2 atom stereocenters. The molecule has 4 aromatic rings. The van der Waals surface area contributed by atoms with Crippen LogP contribution in [0.25, 0.3) is 10.9 Å². The summed E-state index contributed by atoms with van der Waals surface area (Å²) < 4.78 is 29.2. The average molecular weight is 532 g/mol. The van der Waals surface area contributed by atoms with E-state index in [0.717, 1.165) is 12.0 Å². The first-order valence-electron chi connectivity index (χ1n) is 12.7. The van der Waals surface area contributed by atoms with Crippen LogP contribution in [0.1, 0.15) is 65.1 Å². The summed E-state index contributed by atoms with van der Waals surface area (Å²) in [5.41, 5.74) is 1.63. The number of aryl methyl sites for hydroxylation is 1. The third-order valence-electron chi connectivity index (χ3n) is 7.31. The Labute approximate surface area is 221 Å². The van der Waals surface area contributed by atoms with Gasteiger partial charge in [-0.2, -0.15) is 0 Å². The number of ketones is 2. The summed E-state index contributed by atoms with van der Waals surface area (Å²) in [5, 5.41) is 0.557. The Kier molecular flexibility index (Phi) is 6.65. The third-order valence-corrected chi connectivity index (χ3v) is 9.02. The summed E-state index contributed by atoms with van der Waals surface area (Å²) in [7, 11) is -3.86. The monoisotopic (exact) mass is 531 g/mol. The average Bonchev–Trinajstić information content (AvgIpc) is 3.40. The normalized spacial score (nSPS) is 17.0. The number of aromatic nitrogens is 3. The van der Waals surface area contributed by atoms with Gasteiger partial charge in [0.05, 0.1) is 28.2 Å². The van der Waals surface area contributed by atoms with Gasteiger partial charge in [0.25, 0.3) is 15.6 Å². The Balaban J connectivity index is 1.56. The Morgan fingerprint density at radius 2 is 1.79 bits per heavy atom. The Bertz CT molecular complexity index is 1730. The zero-order valence-electron chi connectivity index (χ0n) is 21.5. The van der Waals surface area contributed by atoms with Crippen LogP contribution in [-0.4, -0.2) is 33.5 Å². The molecule has 1 aromatic carbocycles. The molecule has 0 amide bonds. The minimum Gasteiger partial charge on any atom is -0.308 e. The van der Waals surface area contributed by atoms with Gasteiger partial charge in [-0.1, -0.05) is 31.5 Å². The second kappa shape index (κ2) is 9.79. The Morgan fingerprint density at radius 3 is 2.45 bits per heavy atom. The van der Waals surface area contributed by atoms with E-state index in [-0.39, 0.29) is 35.0 Å². The minimum atomic E-state index is -3.86. The Morgan fingerprint density at radius 1 is 1.08 bits per heavy atom. The summed E-state index contributed by atoms with van der Waals surface area (Å²) in [5.74, 6) is 0.405. The number of nitrogens with zero attached hydrogens (tertiary/aromatic N) is 3. The first-order valence-corrected chi connectivity index (χ1v) is 14.1. The molecule has 1 aliphatic carbocycles. The summed E-state index contributed by atoms with van der Waals surface area (Å²) in [6.45, 7) is 5.64. The molecular formula is C29H29N3O5S. The zero-order chi connectivity index (χ0) is 27.2. The number of Topliss-reactive ketones (excluding diaryl/α,β-unsaturated/α-hetero) is 2. The topological polar surface area (TPSA) is 108 Å². The van der Waals surface area contributed by atoms with Crippen LogP contribution in [0.3, 0.4) is 0 Å². The van der Waals surface area contributed by atoms with Crippen LogP contribution in [0.4, 0.5) is 0 Å². The molecule has 0 aliphatic heterocycles. The summed E-state index contributed by atoms with van der Waals surface area (Å²) in [6, 6.07) is 11.3. The van der Waals surface area contributed by atoms with Crippen molar-refractivity contribution < 1.29 is 18.0 Å². The number of benzene rings is 1. The van der Waals surface area contributed by atoms with Crippen molar-refractivity contribution in [2.45, 2.75) is 51.5 Å². The molecule has 0 N–H and O–H groups in total. The summed E-state index contributed by atoms with van der Waals surface area (Å²) in [6.07, 6.45) is 5.97. The number of carbonyl (C=O) groups excluding carboxylic acids is 2. The SMILES string of the molecule is CCC(=O)c1cc(C(=O)C[C@H]2C[C@@H]2C)cn(Cc2nccc3c2ccn3S(=O)(=O)c2ccc(C)cc2)c1=O. The van der Waals surface area contributed by atoms with E-state index in [1.54, 1.807) is 43.3 Å². The molecule has 1 aliphatic rings. The summed E-state index contributed by atoms with van der Waals surface area (Å²) >= 11 is 0. The number of hydrogen-bond acceptors (Lipinski definition) is 6. The molecule has 0 spiro atoms. The van der Waals surface area contributed by atoms with E-state index in [4.69, 9.17) is 0 Å². The van der Waals surface area contributed by atoms with E-state index >= 15 is 0 Å². The van der Waals surface area contributed by atoms with Crippen molar-refractivity contribution in [2.75, 3.05) is 0 Å². The minimum absolute atomic E-state index is 0.0181. The number of rotatable bonds is 9. The highest BCUT2D eigenvalue weighted by atomic mass is 32.2. The van der Waals surface area contributed by atoms with Crippen LogP contribution in [0, 0.1) is 18.8 Å². The molecule has 5 rings (SSSR count). The highest BCUT2D eigenvalue weighted by molar-refractivity contribution is 7.90. The van der Waals surface area contributed by atoms with Crippen molar-refractivity contribution in [1.82, 2.24) is 13.5 Å². The smallest absolute Gasteiger partial charge is 0.268 e. The fourth-order valence-electron chi connectivity index (χ4n) is 4.76. The van der Waals surface area contributed by atoms with Gasteiger partial charge in [-0.3, -0.25) is 19.4 Å². The predicted molar refractivity (Wildman–Crippen MR) is 144 cm³/mol. The molecule has 0 saturated heterocycles. The molecular weight excluding hydrogens is 502 g/mol. The van der Waals surface area contributed by atoms with Gasteiger partial charge in [0.15, 0.2) is 11.6 Å². The van der Waals surface area contributed by atoms with Gasteiger partial charge >= 0.3 is 0 Å². The van der Waals surface area contributed by atoms with Crippen LogP contribution >= 0.6 is 0 Å². The van der Waals surface area contributed by atoms with Crippen molar-refractivity contribution in [3.8, 4) is 0 Å². The fourth-order valence-corrected chi connectivity index (χ4v) is 6.10. The van der Waals surface area contributed by atoms with E-state index in [0.29, 0.717) is 40.4 Å². The van der Waals surface area contributed by atoms with E-state index in [1.807, 2.05) is 6.92 Å². The third kappa shape index (κ3) is 4.74. The molecule has 0 bridgehead atoms. The van der Waals surface area contributed by atoms with E-state index in [1.165, 1.54) is 33.2 Å². The lowest BCUT2D eigenvalue weighted by Crippen LogP contribution is -2.28. The molecule has 9 heteroatoms. The fraction of sp³-hybridized carbons (Fsp3) is 0.310. The molecule has 0 radical (unpaired) electrons. The highest BCUT2D eigenvalue weighted by Crippen LogP contribution is 2.41. The second-order valence-corrected chi connectivity index (χ2v) is 11.9. The van der Waals surface area contributed by atoms with Gasteiger partial charge in [0.1, 0.15) is 0 Å². The van der Waals surface area contributed by atoms with E-state index < -0.39 is 15.6 Å². The maximum Gasteiger partial charge on any atom is 0.268 e. The van der Waals surface area contributed by atoms with Gasteiger partial charge in [-0.25, -0.2) is 12.4 Å². The maximum atomic E-state index is 13.3. The van der Waals surface area contributed by atoms with Gasteiger partial charge in [0.2, 0.25) is 0 Å². The molecule has 3 heterocycles. The molecule has 1 fully saturated rings. The first kappa shape index (κ1) is 25.8. The van der Waals surface area contributed by atoms with Crippen molar-refractivity contribution >= 4 is 32.5 Å². The Hall–Kier alpha value is -3.85. The lowest BCUT2D eigenvalue weighted by atomic mass is 10.0. The molecule has 3 aromatic heterocycles. The van der Waals surface area contributed by atoms with Crippen LogP contribution < -0.4 is 5.56 Å². The van der Waals surface area contributed by atoms with Crippen molar-refractivity contribution in [2.24, 2.45) is 11.8 Å². The van der Waals surface area contributed by atoms with Gasteiger partial charge < -0.3 is 4.57 Å². The standard InChI is InChI=1S/C29H29N3O5S/c1-4-27(33)24-14-21(28(34)15-20-13-19(20)3)16-31(29(24)35)17-25-23-10-12-32(26(23)9-11-30-25)38(36,37)22-7-5-18(2)6-8-22/h5-12,14,16,19-20H,4,13,15,17H2,1-3H3/t19-,20+/m0/s1. The van der Waals surface area contributed by atoms with Gasteiger partial charge in [0, 0.05) is 42.4 Å². The molecule has 1 saturated carbocycles. The van der Waals surface area contributed by atoms with Gasteiger partial charge in [-0.05, 0) is 55.5 Å². The van der Waals surface area contributed by atoms with Crippen LogP contribution in [0.15, 0.2) is 70.7 Å². The number of fused-ring (bicyclic) bond motifs is 1. The number of hydrogen-bond donors (Lipinski definition) is 0. The van der Waals surface area contributed by atoms with Crippen LogP contribution in [0.2, 0.25) is 0 Å². The van der Waals surface area contributed by atoms with Crippen molar-refractivity contribution in [3.05, 3.63) is 93.8 Å². The van der Waals surface area contributed by atoms with Gasteiger partial charge in [-0.15, -0.1) is 0 Å². The van der Waals surface area contributed by atoms with E-state index in [9.17, 15) is 22.8 Å². The number of pyridine rings is 2. The van der Waals surface area contributed by atoms with Crippen LogP contribution in [-0.2, 0) is 16.6 Å². The lowest BCUT2D eigenvalue weighted by molar-refractivity contribution is 0.0973. The molecule has 38 heavy (non-hydrogen) atoms.